The van der Waals surface area contributed by atoms with Crippen LogP contribution in [0.15, 0.2) is 21.8 Å². The van der Waals surface area contributed by atoms with Crippen LogP contribution in [0.1, 0.15) is 53.0 Å². The molecule has 1 fully saturated rings. The zero-order chi connectivity index (χ0) is 20.8. The molecule has 28 heavy (non-hydrogen) atoms. The average Bonchev–Trinajstić information content (AvgIpc) is 3.25. The molecule has 7 nitrogen and oxygen atoms in total. The summed E-state index contributed by atoms with van der Waals surface area (Å²) in [6, 6.07) is 2.19. The topological polar surface area (TPSA) is 86.2 Å². The highest BCUT2D eigenvalue weighted by atomic mass is 32.1. The number of aliphatic imine (C=N–C) groups is 1. The monoisotopic (exact) mass is 410 g/mol. The predicted molar refractivity (Wildman–Crippen MR) is 114 cm³/mol. The first-order chi connectivity index (χ1) is 13.1. The molecule has 1 heterocycles. The van der Waals surface area contributed by atoms with Gasteiger partial charge in [0.2, 0.25) is 0 Å². The minimum Gasteiger partial charge on any atom is -0.444 e. The van der Waals surface area contributed by atoms with Crippen molar-refractivity contribution in [2.45, 2.75) is 64.7 Å². The van der Waals surface area contributed by atoms with Gasteiger partial charge in [0.1, 0.15) is 11.2 Å². The third-order valence-electron chi connectivity index (χ3n) is 4.29. The van der Waals surface area contributed by atoms with Crippen LogP contribution in [-0.2, 0) is 10.3 Å². The number of thiophene rings is 1. The number of carbonyl (C=O) groups excluding carboxylic acids is 1. The van der Waals surface area contributed by atoms with E-state index < -0.39 is 11.2 Å². The summed E-state index contributed by atoms with van der Waals surface area (Å²) in [5.41, 5.74) is -0.651. The maximum Gasteiger partial charge on any atom is 0.410 e. The number of amides is 1. The molecular weight excluding hydrogens is 376 g/mol. The fourth-order valence-corrected chi connectivity index (χ4v) is 3.44. The number of hydrogen-bond acceptors (Lipinski definition) is 5. The van der Waals surface area contributed by atoms with Crippen LogP contribution in [0.2, 0.25) is 0 Å². The molecule has 158 valence electrons. The number of hydrogen-bond donors (Lipinski definition) is 3. The molecule has 0 spiro atoms. The second-order valence-corrected chi connectivity index (χ2v) is 9.09. The van der Waals surface area contributed by atoms with Crippen molar-refractivity contribution >= 4 is 23.4 Å². The van der Waals surface area contributed by atoms with E-state index in [0.29, 0.717) is 25.6 Å². The minimum absolute atomic E-state index is 0.247. The van der Waals surface area contributed by atoms with Gasteiger partial charge in [0, 0.05) is 25.7 Å². The molecule has 0 radical (unpaired) electrons. The van der Waals surface area contributed by atoms with Crippen LogP contribution in [0.4, 0.5) is 4.79 Å². The van der Waals surface area contributed by atoms with Crippen molar-refractivity contribution in [3.63, 3.8) is 0 Å². The summed E-state index contributed by atoms with van der Waals surface area (Å²) in [6.45, 7) is 11.5. The standard InChI is InChI=1S/C20H34N4O3S/c1-6-21-17(23-14-20(5,26)15-9-12-28-13-15)22-10-11-24(16-7-8-16)18(25)27-19(2,3)4/h9,12-13,16,26H,6-8,10-11,14H2,1-5H3,(H2,21,22,23). The number of aliphatic hydroxyl groups is 1. The molecule has 1 aromatic rings. The second kappa shape index (κ2) is 9.60. The van der Waals surface area contributed by atoms with Gasteiger partial charge in [0.15, 0.2) is 5.96 Å². The quantitative estimate of drug-likeness (QED) is 0.453. The molecule has 2 rings (SSSR count). The van der Waals surface area contributed by atoms with Crippen LogP contribution >= 0.6 is 11.3 Å². The maximum atomic E-state index is 12.4. The zero-order valence-electron chi connectivity index (χ0n) is 17.6. The highest BCUT2D eigenvalue weighted by Gasteiger charge is 2.34. The van der Waals surface area contributed by atoms with Crippen LogP contribution < -0.4 is 10.6 Å². The molecular formula is C20H34N4O3S. The van der Waals surface area contributed by atoms with Gasteiger partial charge in [-0.25, -0.2) is 9.79 Å². The first-order valence-electron chi connectivity index (χ1n) is 9.89. The Morgan fingerprint density at radius 3 is 2.61 bits per heavy atom. The van der Waals surface area contributed by atoms with Crippen molar-refractivity contribution in [3.8, 4) is 0 Å². The van der Waals surface area contributed by atoms with Gasteiger partial charge < -0.3 is 25.4 Å². The number of carbonyl (C=O) groups is 1. The Morgan fingerprint density at radius 2 is 2.07 bits per heavy atom. The number of nitrogens with zero attached hydrogens (tertiary/aromatic N) is 2. The summed E-state index contributed by atoms with van der Waals surface area (Å²) in [7, 11) is 0. The molecule has 0 bridgehead atoms. The van der Waals surface area contributed by atoms with Crippen molar-refractivity contribution in [1.29, 1.82) is 0 Å². The average molecular weight is 411 g/mol. The van der Waals surface area contributed by atoms with Crippen LogP contribution in [0.25, 0.3) is 0 Å². The van der Waals surface area contributed by atoms with Crippen molar-refractivity contribution in [3.05, 3.63) is 22.4 Å². The first kappa shape index (κ1) is 22.5. The number of ether oxygens (including phenoxy) is 1. The lowest BCUT2D eigenvalue weighted by Crippen LogP contribution is -2.45. The highest BCUT2D eigenvalue weighted by molar-refractivity contribution is 7.08. The molecule has 1 unspecified atom stereocenters. The van der Waals surface area contributed by atoms with Gasteiger partial charge in [0.05, 0.1) is 6.54 Å². The van der Waals surface area contributed by atoms with E-state index in [1.54, 1.807) is 23.2 Å². The lowest BCUT2D eigenvalue weighted by Gasteiger charge is -2.27. The van der Waals surface area contributed by atoms with Crippen molar-refractivity contribution in [2.75, 3.05) is 26.2 Å². The molecule has 1 atom stereocenters. The number of rotatable bonds is 8. The Hall–Kier alpha value is -1.80. The summed E-state index contributed by atoms with van der Waals surface area (Å²) in [6.07, 6.45) is 1.78. The predicted octanol–water partition coefficient (Wildman–Crippen LogP) is 2.91. The summed E-state index contributed by atoms with van der Waals surface area (Å²) in [5, 5.41) is 21.0. The first-order valence-corrected chi connectivity index (χ1v) is 10.8. The normalized spacial score (nSPS) is 17.0. The highest BCUT2D eigenvalue weighted by Crippen LogP contribution is 2.28. The summed E-state index contributed by atoms with van der Waals surface area (Å²) in [4.78, 5) is 18.7. The molecule has 1 aliphatic carbocycles. The molecule has 1 aromatic heterocycles. The van der Waals surface area contributed by atoms with E-state index in [0.717, 1.165) is 18.4 Å². The zero-order valence-corrected chi connectivity index (χ0v) is 18.4. The molecule has 0 aliphatic heterocycles. The van der Waals surface area contributed by atoms with Crippen LogP contribution in [0, 0.1) is 0 Å². The maximum absolute atomic E-state index is 12.4. The summed E-state index contributed by atoms with van der Waals surface area (Å²) in [5.74, 6) is 0.623. The molecule has 0 saturated heterocycles. The summed E-state index contributed by atoms with van der Waals surface area (Å²) >= 11 is 1.55. The van der Waals surface area contributed by atoms with Gasteiger partial charge in [-0.2, -0.15) is 11.3 Å². The van der Waals surface area contributed by atoms with Crippen LogP contribution in [0.5, 0.6) is 0 Å². The van der Waals surface area contributed by atoms with Gasteiger partial charge in [-0.3, -0.25) is 0 Å². The second-order valence-electron chi connectivity index (χ2n) is 8.31. The molecule has 0 aromatic carbocycles. The number of nitrogens with one attached hydrogen (secondary N) is 2. The van der Waals surface area contributed by atoms with Crippen LogP contribution in [-0.4, -0.2) is 59.9 Å². The van der Waals surface area contributed by atoms with Gasteiger partial charge in [-0.15, -0.1) is 0 Å². The lowest BCUT2D eigenvalue weighted by molar-refractivity contribution is 0.0238. The van der Waals surface area contributed by atoms with Crippen molar-refractivity contribution in [2.24, 2.45) is 4.99 Å². The van der Waals surface area contributed by atoms with E-state index in [1.807, 2.05) is 44.5 Å². The van der Waals surface area contributed by atoms with Crippen molar-refractivity contribution < 1.29 is 14.6 Å². The van der Waals surface area contributed by atoms with Gasteiger partial charge in [-0.05, 0) is 69.9 Å². The third kappa shape index (κ3) is 7.31. The Balaban J connectivity index is 1.90. The van der Waals surface area contributed by atoms with E-state index in [-0.39, 0.29) is 18.7 Å². The van der Waals surface area contributed by atoms with E-state index in [4.69, 9.17) is 4.74 Å². The Kier molecular flexibility index (Phi) is 7.71. The molecule has 8 heteroatoms. The largest absolute Gasteiger partial charge is 0.444 e. The van der Waals surface area contributed by atoms with E-state index in [9.17, 15) is 9.90 Å². The van der Waals surface area contributed by atoms with E-state index in [1.165, 1.54) is 0 Å². The van der Waals surface area contributed by atoms with E-state index in [2.05, 4.69) is 15.6 Å². The van der Waals surface area contributed by atoms with Crippen molar-refractivity contribution in [1.82, 2.24) is 15.5 Å². The lowest BCUT2D eigenvalue weighted by atomic mass is 10.00. The minimum atomic E-state index is -1.01. The molecule has 1 aliphatic rings. The number of guanidine groups is 1. The Labute approximate surface area is 172 Å². The Morgan fingerprint density at radius 1 is 1.36 bits per heavy atom. The van der Waals surface area contributed by atoms with Crippen LogP contribution in [0.3, 0.4) is 0 Å². The Bertz CT molecular complexity index is 649. The third-order valence-corrected chi connectivity index (χ3v) is 4.98. The molecule has 3 N–H and O–H groups in total. The van der Waals surface area contributed by atoms with Gasteiger partial charge in [-0.1, -0.05) is 0 Å². The van der Waals surface area contributed by atoms with Gasteiger partial charge >= 0.3 is 6.09 Å². The van der Waals surface area contributed by atoms with Gasteiger partial charge in [0.25, 0.3) is 0 Å². The molecule has 1 saturated carbocycles. The molecule has 1 amide bonds. The van der Waals surface area contributed by atoms with E-state index >= 15 is 0 Å². The SMILES string of the molecule is CCNC(=NCC(C)(O)c1ccsc1)NCCN(C(=O)OC(C)(C)C)C1CC1. The smallest absolute Gasteiger partial charge is 0.410 e. The fraction of sp³-hybridized carbons (Fsp3) is 0.700. The fourth-order valence-electron chi connectivity index (χ4n) is 2.66. The summed E-state index contributed by atoms with van der Waals surface area (Å²) < 4.78 is 5.52.